The number of hydrogen-bond acceptors (Lipinski definition) is 5. The zero-order chi connectivity index (χ0) is 18.9. The van der Waals surface area contributed by atoms with Gasteiger partial charge in [-0.2, -0.15) is 0 Å². The van der Waals surface area contributed by atoms with Gasteiger partial charge in [-0.05, 0) is 24.3 Å². The Morgan fingerprint density at radius 3 is 2.59 bits per heavy atom. The third kappa shape index (κ3) is 6.69. The lowest BCUT2D eigenvalue weighted by molar-refractivity contribution is -0.119. The molecule has 1 aromatic carbocycles. The van der Waals surface area contributed by atoms with Gasteiger partial charge in [0.05, 0.1) is 5.75 Å². The lowest BCUT2D eigenvalue weighted by Gasteiger charge is -2.20. The van der Waals surface area contributed by atoms with Crippen LogP contribution >= 0.6 is 11.8 Å². The number of amides is 1. The van der Waals surface area contributed by atoms with E-state index in [1.165, 1.54) is 49.4 Å². The standard InChI is InChI=1S/C21H29N3O2S/c1-16(17-10-6-5-7-11-17)14-20-23-24-21(26-20)27-15-19(25)22-18-12-8-3-2-4-9-13-18/h5-7,10-11,16,18H,2-4,8-9,12-15H2,1H3,(H,22,25). The summed E-state index contributed by atoms with van der Waals surface area (Å²) in [5.41, 5.74) is 1.25. The number of nitrogens with one attached hydrogen (secondary N) is 1. The van der Waals surface area contributed by atoms with E-state index in [2.05, 4.69) is 34.6 Å². The van der Waals surface area contributed by atoms with Gasteiger partial charge in [0, 0.05) is 12.5 Å². The molecule has 2 aromatic rings. The first-order chi connectivity index (χ1) is 13.2. The number of carbonyl (C=O) groups is 1. The molecular weight excluding hydrogens is 358 g/mol. The van der Waals surface area contributed by atoms with Crippen LogP contribution in [-0.2, 0) is 11.2 Å². The predicted molar refractivity (Wildman–Crippen MR) is 108 cm³/mol. The average Bonchev–Trinajstić information content (AvgIpc) is 3.10. The molecule has 1 heterocycles. The summed E-state index contributed by atoms with van der Waals surface area (Å²) in [6.45, 7) is 2.15. The fourth-order valence-electron chi connectivity index (χ4n) is 3.54. The van der Waals surface area contributed by atoms with Crippen LogP contribution in [0.15, 0.2) is 40.0 Å². The summed E-state index contributed by atoms with van der Waals surface area (Å²) >= 11 is 1.32. The van der Waals surface area contributed by atoms with Crippen molar-refractivity contribution in [3.05, 3.63) is 41.8 Å². The summed E-state index contributed by atoms with van der Waals surface area (Å²) in [6.07, 6.45) is 9.22. The van der Waals surface area contributed by atoms with Crippen LogP contribution in [0.1, 0.15) is 69.2 Å². The van der Waals surface area contributed by atoms with Crippen molar-refractivity contribution in [3.63, 3.8) is 0 Å². The van der Waals surface area contributed by atoms with Crippen molar-refractivity contribution < 1.29 is 9.21 Å². The quantitative estimate of drug-likeness (QED) is 0.695. The Morgan fingerprint density at radius 1 is 1.15 bits per heavy atom. The van der Waals surface area contributed by atoms with Crippen LogP contribution in [0, 0.1) is 0 Å². The monoisotopic (exact) mass is 387 g/mol. The Kier molecular flexibility index (Phi) is 7.75. The van der Waals surface area contributed by atoms with Gasteiger partial charge in [0.25, 0.3) is 5.22 Å². The second-order valence-electron chi connectivity index (χ2n) is 7.38. The second-order valence-corrected chi connectivity index (χ2v) is 8.30. The minimum Gasteiger partial charge on any atom is -0.416 e. The highest BCUT2D eigenvalue weighted by atomic mass is 32.2. The SMILES string of the molecule is CC(Cc1nnc(SCC(=O)NC2CCCCCCC2)o1)c1ccccc1. The van der Waals surface area contributed by atoms with Gasteiger partial charge in [-0.25, -0.2) is 0 Å². The Bertz CT molecular complexity index is 696. The van der Waals surface area contributed by atoms with E-state index in [1.54, 1.807) is 0 Å². The molecule has 146 valence electrons. The molecule has 0 spiro atoms. The minimum absolute atomic E-state index is 0.0583. The summed E-state index contributed by atoms with van der Waals surface area (Å²) in [7, 11) is 0. The van der Waals surface area contributed by atoms with E-state index < -0.39 is 0 Å². The van der Waals surface area contributed by atoms with Gasteiger partial charge in [0.2, 0.25) is 11.8 Å². The number of aromatic nitrogens is 2. The second kappa shape index (κ2) is 10.5. The van der Waals surface area contributed by atoms with Crippen LogP contribution in [0.2, 0.25) is 0 Å². The molecule has 1 amide bonds. The van der Waals surface area contributed by atoms with Crippen LogP contribution in [0.3, 0.4) is 0 Å². The van der Waals surface area contributed by atoms with Gasteiger partial charge < -0.3 is 9.73 Å². The molecule has 1 aliphatic carbocycles. The fraction of sp³-hybridized carbons (Fsp3) is 0.571. The van der Waals surface area contributed by atoms with E-state index in [0.717, 1.165) is 12.8 Å². The first-order valence-corrected chi connectivity index (χ1v) is 11.0. The lowest BCUT2D eigenvalue weighted by Crippen LogP contribution is -2.36. The highest BCUT2D eigenvalue weighted by Crippen LogP contribution is 2.22. The molecule has 1 aliphatic rings. The molecule has 1 atom stereocenters. The Morgan fingerprint density at radius 2 is 1.85 bits per heavy atom. The van der Waals surface area contributed by atoms with Crippen LogP contribution in [-0.4, -0.2) is 27.9 Å². The van der Waals surface area contributed by atoms with E-state index >= 15 is 0 Å². The number of thioether (sulfide) groups is 1. The lowest BCUT2D eigenvalue weighted by atomic mass is 9.97. The van der Waals surface area contributed by atoms with Gasteiger partial charge in [0.15, 0.2) is 0 Å². The van der Waals surface area contributed by atoms with E-state index in [9.17, 15) is 4.79 Å². The Balaban J connectivity index is 1.42. The zero-order valence-corrected chi connectivity index (χ0v) is 16.8. The molecule has 6 heteroatoms. The fourth-order valence-corrected chi connectivity index (χ4v) is 4.13. The number of carbonyl (C=O) groups excluding carboxylic acids is 1. The summed E-state index contributed by atoms with van der Waals surface area (Å²) in [5.74, 6) is 1.32. The van der Waals surface area contributed by atoms with Crippen LogP contribution in [0.4, 0.5) is 0 Å². The molecule has 0 bridgehead atoms. The largest absolute Gasteiger partial charge is 0.416 e. The molecule has 1 N–H and O–H groups in total. The van der Waals surface area contributed by atoms with E-state index in [4.69, 9.17) is 4.42 Å². The van der Waals surface area contributed by atoms with Gasteiger partial charge >= 0.3 is 0 Å². The predicted octanol–water partition coefficient (Wildman–Crippen LogP) is 4.74. The normalized spacial score (nSPS) is 17.1. The summed E-state index contributed by atoms with van der Waals surface area (Å²) in [4.78, 5) is 12.2. The first-order valence-electron chi connectivity index (χ1n) is 10.00. The van der Waals surface area contributed by atoms with Crippen molar-refractivity contribution in [1.29, 1.82) is 0 Å². The molecule has 1 aromatic heterocycles. The maximum Gasteiger partial charge on any atom is 0.277 e. The highest BCUT2D eigenvalue weighted by molar-refractivity contribution is 7.99. The molecule has 0 radical (unpaired) electrons. The minimum atomic E-state index is 0.0583. The Labute approximate surface area is 165 Å². The maximum atomic E-state index is 12.2. The van der Waals surface area contributed by atoms with Crippen LogP contribution < -0.4 is 5.32 Å². The van der Waals surface area contributed by atoms with E-state index in [0.29, 0.717) is 35.2 Å². The van der Waals surface area contributed by atoms with Crippen LogP contribution in [0.25, 0.3) is 0 Å². The number of nitrogens with zero attached hydrogens (tertiary/aromatic N) is 2. The van der Waals surface area contributed by atoms with Crippen molar-refractivity contribution in [3.8, 4) is 0 Å². The molecule has 27 heavy (non-hydrogen) atoms. The number of rotatable bonds is 7. The molecule has 0 saturated heterocycles. The van der Waals surface area contributed by atoms with Crippen molar-refractivity contribution in [2.75, 3.05) is 5.75 Å². The molecule has 0 aliphatic heterocycles. The third-order valence-corrected chi connectivity index (χ3v) is 5.91. The van der Waals surface area contributed by atoms with E-state index in [1.807, 2.05) is 18.2 Å². The van der Waals surface area contributed by atoms with Gasteiger partial charge in [-0.1, -0.05) is 81.1 Å². The molecule has 1 fully saturated rings. The molecule has 3 rings (SSSR count). The van der Waals surface area contributed by atoms with Crippen molar-refractivity contribution in [2.24, 2.45) is 0 Å². The van der Waals surface area contributed by atoms with Gasteiger partial charge in [-0.15, -0.1) is 10.2 Å². The van der Waals surface area contributed by atoms with Crippen molar-refractivity contribution in [1.82, 2.24) is 15.5 Å². The molecule has 1 unspecified atom stereocenters. The summed E-state index contributed by atoms with van der Waals surface area (Å²) in [6, 6.07) is 10.6. The van der Waals surface area contributed by atoms with Crippen molar-refractivity contribution >= 4 is 17.7 Å². The molecule has 1 saturated carbocycles. The summed E-state index contributed by atoms with van der Waals surface area (Å²) in [5, 5.41) is 11.8. The first kappa shape index (κ1) is 19.9. The number of benzene rings is 1. The van der Waals surface area contributed by atoms with Crippen LogP contribution in [0.5, 0.6) is 0 Å². The zero-order valence-electron chi connectivity index (χ0n) is 16.0. The van der Waals surface area contributed by atoms with Gasteiger partial charge in [0.1, 0.15) is 0 Å². The molecular formula is C21H29N3O2S. The number of hydrogen-bond donors (Lipinski definition) is 1. The van der Waals surface area contributed by atoms with Gasteiger partial charge in [-0.3, -0.25) is 4.79 Å². The van der Waals surface area contributed by atoms with E-state index in [-0.39, 0.29) is 5.91 Å². The summed E-state index contributed by atoms with van der Waals surface area (Å²) < 4.78 is 5.71. The topological polar surface area (TPSA) is 68.0 Å². The Hall–Kier alpha value is -1.82. The maximum absolute atomic E-state index is 12.2. The van der Waals surface area contributed by atoms with Crippen molar-refractivity contribution in [2.45, 2.75) is 75.5 Å². The molecule has 5 nitrogen and oxygen atoms in total. The smallest absolute Gasteiger partial charge is 0.277 e. The average molecular weight is 388 g/mol. The highest BCUT2D eigenvalue weighted by Gasteiger charge is 2.16. The third-order valence-electron chi connectivity index (χ3n) is 5.09.